The van der Waals surface area contributed by atoms with E-state index >= 15 is 0 Å². The van der Waals surface area contributed by atoms with E-state index in [9.17, 15) is 22.7 Å². The van der Waals surface area contributed by atoms with Crippen LogP contribution in [0.15, 0.2) is 18.2 Å². The van der Waals surface area contributed by atoms with Gasteiger partial charge in [0.2, 0.25) is 0 Å². The fraction of sp³-hybridized carbons (Fsp3) is 0.538. The summed E-state index contributed by atoms with van der Waals surface area (Å²) >= 11 is 0. The quantitative estimate of drug-likeness (QED) is 0.641. The van der Waals surface area contributed by atoms with Crippen molar-refractivity contribution in [1.29, 1.82) is 0 Å². The number of halogens is 4. The van der Waals surface area contributed by atoms with Gasteiger partial charge in [-0.3, -0.25) is 0 Å². The lowest BCUT2D eigenvalue weighted by Crippen LogP contribution is -2.20. The van der Waals surface area contributed by atoms with Crippen LogP contribution < -0.4 is 0 Å². The van der Waals surface area contributed by atoms with Crippen molar-refractivity contribution in [3.05, 3.63) is 35.1 Å². The van der Waals surface area contributed by atoms with Gasteiger partial charge < -0.3 is 9.84 Å². The molecule has 0 fully saturated rings. The van der Waals surface area contributed by atoms with Gasteiger partial charge >= 0.3 is 6.18 Å². The molecule has 1 rings (SSSR count). The molecule has 6 heteroatoms. The van der Waals surface area contributed by atoms with E-state index in [0.29, 0.717) is 5.56 Å². The fourth-order valence-electron chi connectivity index (χ4n) is 1.62. The second-order valence-corrected chi connectivity index (χ2v) is 4.39. The summed E-state index contributed by atoms with van der Waals surface area (Å²) in [5, 5.41) is 9.66. The molecule has 108 valence electrons. The molecular formula is C13H16F4O2. The molecule has 0 aliphatic carbocycles. The second kappa shape index (κ2) is 6.86. The minimum atomic E-state index is -4.36. The highest BCUT2D eigenvalue weighted by molar-refractivity contribution is 5.27. The van der Waals surface area contributed by atoms with Crippen LogP contribution in [0.4, 0.5) is 17.6 Å². The van der Waals surface area contributed by atoms with E-state index in [1.165, 1.54) is 12.1 Å². The van der Waals surface area contributed by atoms with Gasteiger partial charge in [0.1, 0.15) is 12.4 Å². The van der Waals surface area contributed by atoms with Gasteiger partial charge in [-0.2, -0.15) is 13.2 Å². The van der Waals surface area contributed by atoms with Crippen LogP contribution in [0.2, 0.25) is 0 Å². The maximum atomic E-state index is 13.0. The Hall–Kier alpha value is -1.14. The number of aliphatic hydroxyl groups is 1. The number of aliphatic hydroxyl groups excluding tert-OH is 1. The first-order valence-corrected chi connectivity index (χ1v) is 5.85. The second-order valence-electron chi connectivity index (χ2n) is 4.39. The van der Waals surface area contributed by atoms with E-state index in [-0.39, 0.29) is 19.4 Å². The van der Waals surface area contributed by atoms with Crippen molar-refractivity contribution in [3.63, 3.8) is 0 Å². The molecule has 0 saturated heterocycles. The Balaban J connectivity index is 2.35. The Labute approximate surface area is 109 Å². The molecule has 19 heavy (non-hydrogen) atoms. The number of ether oxygens (including phenoxy) is 1. The van der Waals surface area contributed by atoms with Crippen LogP contribution in [0.25, 0.3) is 0 Å². The summed E-state index contributed by atoms with van der Waals surface area (Å²) in [4.78, 5) is 0. The van der Waals surface area contributed by atoms with Gasteiger partial charge in [-0.15, -0.1) is 0 Å². The Morgan fingerprint density at radius 1 is 1.32 bits per heavy atom. The fourth-order valence-corrected chi connectivity index (χ4v) is 1.62. The Kier molecular flexibility index (Phi) is 5.75. The van der Waals surface area contributed by atoms with Crippen LogP contribution in [0.1, 0.15) is 17.5 Å². The van der Waals surface area contributed by atoms with Gasteiger partial charge in [-0.25, -0.2) is 4.39 Å². The van der Waals surface area contributed by atoms with Crippen molar-refractivity contribution in [2.24, 2.45) is 0 Å². The van der Waals surface area contributed by atoms with Gasteiger partial charge in [-0.05, 0) is 43.0 Å². The highest BCUT2D eigenvalue weighted by Crippen LogP contribution is 2.16. The summed E-state index contributed by atoms with van der Waals surface area (Å²) in [6.07, 6.45) is -4.94. The number of aryl methyl sites for hydroxylation is 1. The van der Waals surface area contributed by atoms with E-state index in [1.807, 2.05) is 0 Å². The minimum Gasteiger partial charge on any atom is -0.393 e. The number of hydrogen-bond donors (Lipinski definition) is 1. The summed E-state index contributed by atoms with van der Waals surface area (Å²) in [5.74, 6) is -0.402. The molecule has 2 nitrogen and oxygen atoms in total. The zero-order chi connectivity index (χ0) is 14.5. The van der Waals surface area contributed by atoms with Crippen LogP contribution in [0.5, 0.6) is 0 Å². The van der Waals surface area contributed by atoms with Crippen molar-refractivity contribution < 1.29 is 27.4 Å². The summed E-state index contributed by atoms with van der Waals surface area (Å²) in [5.41, 5.74) is 1.47. The summed E-state index contributed by atoms with van der Waals surface area (Å²) in [6, 6.07) is 4.23. The molecule has 0 aliphatic rings. The van der Waals surface area contributed by atoms with E-state index < -0.39 is 24.7 Å². The zero-order valence-corrected chi connectivity index (χ0v) is 10.5. The normalized spacial score (nSPS) is 13.6. The molecule has 0 bridgehead atoms. The first kappa shape index (κ1) is 15.9. The average molecular weight is 280 g/mol. The highest BCUT2D eigenvalue weighted by Gasteiger charge is 2.27. The molecule has 0 aromatic heterocycles. The third kappa shape index (κ3) is 6.54. The molecule has 1 aromatic rings. The lowest BCUT2D eigenvalue weighted by Gasteiger charge is -2.13. The SMILES string of the molecule is Cc1ccc(F)cc1CC(O)CCOCC(F)(F)F. The summed E-state index contributed by atoms with van der Waals surface area (Å²) in [7, 11) is 0. The van der Waals surface area contributed by atoms with E-state index in [1.54, 1.807) is 13.0 Å². The molecule has 1 atom stereocenters. The van der Waals surface area contributed by atoms with Gasteiger partial charge in [0, 0.05) is 6.61 Å². The lowest BCUT2D eigenvalue weighted by molar-refractivity contribution is -0.175. The molecule has 0 spiro atoms. The number of benzene rings is 1. The first-order valence-electron chi connectivity index (χ1n) is 5.85. The van der Waals surface area contributed by atoms with Gasteiger partial charge in [-0.1, -0.05) is 6.07 Å². The van der Waals surface area contributed by atoms with Crippen molar-refractivity contribution >= 4 is 0 Å². The first-order chi connectivity index (χ1) is 8.78. The van der Waals surface area contributed by atoms with E-state index in [0.717, 1.165) is 5.56 Å². The molecule has 0 saturated carbocycles. The maximum absolute atomic E-state index is 13.0. The largest absolute Gasteiger partial charge is 0.411 e. The van der Waals surface area contributed by atoms with Crippen molar-refractivity contribution in [2.45, 2.75) is 32.0 Å². The standard InChI is InChI=1S/C13H16F4O2/c1-9-2-3-11(14)6-10(9)7-12(18)4-5-19-8-13(15,16)17/h2-3,6,12,18H,4-5,7-8H2,1H3. The van der Waals surface area contributed by atoms with Gasteiger partial charge in [0.25, 0.3) is 0 Å². The molecule has 1 N–H and O–H groups in total. The maximum Gasteiger partial charge on any atom is 0.411 e. The zero-order valence-electron chi connectivity index (χ0n) is 10.5. The van der Waals surface area contributed by atoms with Crippen molar-refractivity contribution in [1.82, 2.24) is 0 Å². The van der Waals surface area contributed by atoms with Crippen molar-refractivity contribution in [3.8, 4) is 0 Å². The molecule has 1 unspecified atom stereocenters. The van der Waals surface area contributed by atoms with Crippen LogP contribution in [0.3, 0.4) is 0 Å². The molecule has 0 amide bonds. The molecule has 0 radical (unpaired) electrons. The predicted molar refractivity (Wildman–Crippen MR) is 62.3 cm³/mol. The number of rotatable bonds is 6. The lowest BCUT2D eigenvalue weighted by atomic mass is 10.0. The highest BCUT2D eigenvalue weighted by atomic mass is 19.4. The topological polar surface area (TPSA) is 29.5 Å². The van der Waals surface area contributed by atoms with E-state index in [4.69, 9.17) is 0 Å². The monoisotopic (exact) mass is 280 g/mol. The Morgan fingerprint density at radius 2 is 2.00 bits per heavy atom. The average Bonchev–Trinajstić information content (AvgIpc) is 2.28. The summed E-state index contributed by atoms with van der Waals surface area (Å²) < 4.78 is 52.8. The van der Waals surface area contributed by atoms with Gasteiger partial charge in [0.15, 0.2) is 0 Å². The summed E-state index contributed by atoms with van der Waals surface area (Å²) in [6.45, 7) is 0.273. The molecule has 1 aromatic carbocycles. The molecular weight excluding hydrogens is 264 g/mol. The molecule has 0 aliphatic heterocycles. The Morgan fingerprint density at radius 3 is 2.63 bits per heavy atom. The Bertz CT molecular complexity index is 404. The number of hydrogen-bond acceptors (Lipinski definition) is 2. The van der Waals surface area contributed by atoms with Crippen LogP contribution in [-0.4, -0.2) is 30.6 Å². The number of alkyl halides is 3. The van der Waals surface area contributed by atoms with Gasteiger partial charge in [0.05, 0.1) is 6.10 Å². The van der Waals surface area contributed by atoms with Crippen LogP contribution in [0, 0.1) is 12.7 Å². The van der Waals surface area contributed by atoms with Crippen molar-refractivity contribution in [2.75, 3.05) is 13.2 Å². The predicted octanol–water partition coefficient (Wildman–Crippen LogP) is 3.01. The smallest absolute Gasteiger partial charge is 0.393 e. The van der Waals surface area contributed by atoms with E-state index in [2.05, 4.69) is 4.74 Å². The van der Waals surface area contributed by atoms with Crippen LogP contribution >= 0.6 is 0 Å². The minimum absolute atomic E-state index is 0.0754. The third-order valence-electron chi connectivity index (χ3n) is 2.63. The third-order valence-corrected chi connectivity index (χ3v) is 2.63. The molecule has 0 heterocycles. The van der Waals surface area contributed by atoms with Crippen LogP contribution in [-0.2, 0) is 11.2 Å².